The summed E-state index contributed by atoms with van der Waals surface area (Å²) in [5.41, 5.74) is 4.39. The van der Waals surface area contributed by atoms with Crippen molar-refractivity contribution in [3.8, 4) is 33.6 Å². The number of hydrogen-bond donors (Lipinski definition) is 4. The predicted octanol–water partition coefficient (Wildman–Crippen LogP) is 7.66. The minimum Gasteiger partial charge on any atom is -0.453 e. The molecule has 4 heterocycles. The Bertz CT molecular complexity index is 2140. The molecule has 0 bridgehead atoms. The summed E-state index contributed by atoms with van der Waals surface area (Å²) >= 11 is 6.67. The number of hydrogen-bond acceptors (Lipinski definition) is 8. The molecule has 2 aromatic heterocycles. The molecule has 316 valence electrons. The first-order valence-electron chi connectivity index (χ1n) is 19.4. The van der Waals surface area contributed by atoms with Crippen LogP contribution in [0.4, 0.5) is 22.8 Å². The molecule has 18 heteroatoms. The summed E-state index contributed by atoms with van der Waals surface area (Å²) in [5.74, 6) is -2.45. The number of nitrogens with one attached hydrogen (secondary N) is 4. The van der Waals surface area contributed by atoms with Crippen molar-refractivity contribution >= 4 is 35.6 Å². The van der Waals surface area contributed by atoms with Gasteiger partial charge in [0.1, 0.15) is 34.6 Å². The molecule has 0 saturated carbocycles. The Hall–Kier alpha value is -5.58. The van der Waals surface area contributed by atoms with Gasteiger partial charge in [-0.3, -0.25) is 9.59 Å². The van der Waals surface area contributed by atoms with Crippen molar-refractivity contribution in [2.24, 2.45) is 17.8 Å². The second kappa shape index (κ2) is 17.7. The van der Waals surface area contributed by atoms with Crippen molar-refractivity contribution in [1.29, 1.82) is 0 Å². The summed E-state index contributed by atoms with van der Waals surface area (Å²) in [6.07, 6.45) is -3.47. The summed E-state index contributed by atoms with van der Waals surface area (Å²) in [7, 11) is 2.40. The number of carbonyl (C=O) groups is 4. The zero-order valence-electron chi connectivity index (χ0n) is 33.5. The van der Waals surface area contributed by atoms with Crippen LogP contribution in [-0.2, 0) is 19.1 Å². The second-order valence-corrected chi connectivity index (χ2v) is 15.9. The standard InChI is InChI=1S/C41H48ClF3N8O6/c1-21(2)31(49-39(56)58-5)37(54)52-17-7-8-29(52)36-48-33(34(42)51-36)26-15-11-24(12-16-26)23-9-13-25(14-10-23)28-19-46-35(47-28)30-18-27(41(43,44)45)20-53(30)38(55)32(22(3)4)50-40(57)59-6/h9-16,19,21-22,27,29-32H,7-8,17-18,20H2,1-6H3,(H,46,47)(H,48,51)(H,49,56)(H,50,57)/t27-,29-,30-,31-,32-/m0/s1. The highest BCUT2D eigenvalue weighted by molar-refractivity contribution is 6.31. The lowest BCUT2D eigenvalue weighted by molar-refractivity contribution is -0.171. The first-order valence-corrected chi connectivity index (χ1v) is 19.8. The van der Waals surface area contributed by atoms with E-state index in [4.69, 9.17) is 21.3 Å². The number of benzene rings is 2. The van der Waals surface area contributed by atoms with Gasteiger partial charge in [-0.2, -0.15) is 13.2 Å². The molecule has 14 nitrogen and oxygen atoms in total. The molecule has 4 amide bonds. The van der Waals surface area contributed by atoms with E-state index in [0.717, 1.165) is 40.7 Å². The van der Waals surface area contributed by atoms with Crippen LogP contribution in [0.25, 0.3) is 33.6 Å². The Labute approximate surface area is 344 Å². The van der Waals surface area contributed by atoms with Gasteiger partial charge in [-0.1, -0.05) is 87.8 Å². The maximum atomic E-state index is 14.0. The van der Waals surface area contributed by atoms with Crippen LogP contribution in [0.15, 0.2) is 54.7 Å². The molecule has 59 heavy (non-hydrogen) atoms. The van der Waals surface area contributed by atoms with Crippen LogP contribution in [0.3, 0.4) is 0 Å². The molecule has 0 spiro atoms. The Morgan fingerprint density at radius 2 is 1.31 bits per heavy atom. The molecule has 2 saturated heterocycles. The molecule has 5 atom stereocenters. The molecule has 4 aromatic rings. The summed E-state index contributed by atoms with van der Waals surface area (Å²) < 4.78 is 51.3. The topological polar surface area (TPSA) is 175 Å². The molecule has 0 aliphatic carbocycles. The normalized spacial score (nSPS) is 19.2. The van der Waals surface area contributed by atoms with Gasteiger partial charge in [0, 0.05) is 18.7 Å². The maximum Gasteiger partial charge on any atom is 0.407 e. The zero-order valence-corrected chi connectivity index (χ0v) is 34.3. The third kappa shape index (κ3) is 9.34. The van der Waals surface area contributed by atoms with Crippen molar-refractivity contribution in [3.63, 3.8) is 0 Å². The summed E-state index contributed by atoms with van der Waals surface area (Å²) in [6, 6.07) is 12.0. The number of carbonyl (C=O) groups excluding carboxylic acids is 4. The first kappa shape index (κ1) is 43.0. The fraction of sp³-hybridized carbons (Fsp3) is 0.463. The average Bonchev–Trinajstić information content (AvgIpc) is 4.04. The largest absolute Gasteiger partial charge is 0.453 e. The van der Waals surface area contributed by atoms with Crippen LogP contribution in [0, 0.1) is 17.8 Å². The van der Waals surface area contributed by atoms with Gasteiger partial charge in [0.2, 0.25) is 11.8 Å². The highest BCUT2D eigenvalue weighted by Crippen LogP contribution is 2.43. The van der Waals surface area contributed by atoms with Crippen molar-refractivity contribution in [3.05, 3.63) is 71.5 Å². The molecule has 0 unspecified atom stereocenters. The number of aromatic amines is 2. The number of likely N-dealkylation sites (tertiary alicyclic amines) is 2. The van der Waals surface area contributed by atoms with Crippen molar-refractivity contribution in [2.75, 3.05) is 27.3 Å². The number of imidazole rings is 2. The predicted molar refractivity (Wildman–Crippen MR) is 213 cm³/mol. The fourth-order valence-corrected chi connectivity index (χ4v) is 7.93. The molecule has 2 fully saturated rings. The van der Waals surface area contributed by atoms with E-state index in [9.17, 15) is 32.3 Å². The molecule has 2 aromatic carbocycles. The molecule has 2 aliphatic rings. The van der Waals surface area contributed by atoms with E-state index in [0.29, 0.717) is 35.3 Å². The first-order chi connectivity index (χ1) is 28.0. The van der Waals surface area contributed by atoms with Gasteiger partial charge in [0.05, 0.1) is 44.1 Å². The number of aromatic nitrogens is 4. The van der Waals surface area contributed by atoms with Crippen LogP contribution in [-0.4, -0.2) is 99.3 Å². The molecule has 0 radical (unpaired) electrons. The maximum absolute atomic E-state index is 14.0. The van der Waals surface area contributed by atoms with Gasteiger partial charge in [0.15, 0.2) is 0 Å². The fourth-order valence-electron chi connectivity index (χ4n) is 7.68. The van der Waals surface area contributed by atoms with E-state index in [1.807, 2.05) is 62.4 Å². The highest BCUT2D eigenvalue weighted by atomic mass is 35.5. The molecule has 4 N–H and O–H groups in total. The minimum atomic E-state index is -4.53. The van der Waals surface area contributed by atoms with Gasteiger partial charge in [-0.15, -0.1) is 0 Å². The molecule has 2 aliphatic heterocycles. The smallest absolute Gasteiger partial charge is 0.407 e. The Kier molecular flexibility index (Phi) is 12.9. The number of alkyl halides is 3. The number of halogens is 4. The number of ether oxygens (including phenoxy) is 2. The van der Waals surface area contributed by atoms with E-state index in [-0.39, 0.29) is 30.1 Å². The van der Waals surface area contributed by atoms with Crippen molar-refractivity contribution < 1.29 is 41.8 Å². The lowest BCUT2D eigenvalue weighted by atomic mass is 10.0. The number of alkyl carbamates (subject to hydrolysis) is 2. The number of rotatable bonds is 11. The monoisotopic (exact) mass is 840 g/mol. The van der Waals surface area contributed by atoms with Gasteiger partial charge in [-0.25, -0.2) is 19.6 Å². The van der Waals surface area contributed by atoms with E-state index >= 15 is 0 Å². The van der Waals surface area contributed by atoms with E-state index in [2.05, 4.69) is 30.3 Å². The lowest BCUT2D eigenvalue weighted by Gasteiger charge is -2.30. The van der Waals surface area contributed by atoms with E-state index in [1.54, 1.807) is 18.7 Å². The van der Waals surface area contributed by atoms with Gasteiger partial charge >= 0.3 is 18.4 Å². The van der Waals surface area contributed by atoms with Gasteiger partial charge in [-0.05, 0) is 47.8 Å². The zero-order chi connectivity index (χ0) is 42.8. The van der Waals surface area contributed by atoms with Gasteiger partial charge in [0.25, 0.3) is 0 Å². The average molecular weight is 841 g/mol. The third-order valence-electron chi connectivity index (χ3n) is 11.0. The van der Waals surface area contributed by atoms with E-state index < -0.39 is 60.8 Å². The Balaban J connectivity index is 1.16. The summed E-state index contributed by atoms with van der Waals surface area (Å²) in [6.45, 7) is 7.03. The van der Waals surface area contributed by atoms with Crippen molar-refractivity contribution in [1.82, 2.24) is 40.4 Å². The van der Waals surface area contributed by atoms with E-state index in [1.165, 1.54) is 13.3 Å². The van der Waals surface area contributed by atoms with Gasteiger partial charge < -0.3 is 39.9 Å². The quantitative estimate of drug-likeness (QED) is 0.119. The van der Waals surface area contributed by atoms with Crippen LogP contribution in [0.1, 0.15) is 70.7 Å². The Morgan fingerprint density at radius 1 is 0.780 bits per heavy atom. The third-order valence-corrected chi connectivity index (χ3v) is 11.2. The minimum absolute atomic E-state index is 0.167. The SMILES string of the molecule is COC(=O)N[C@H](C(=O)N1C[C@@H](C(F)(F)F)C[C@H]1c1ncc(-c2ccc(-c3ccc(-c4nc([C@@H]5CCCN5C(=O)[C@@H](NC(=O)OC)C(C)C)[nH]c4Cl)cc3)cc2)[nH]1)C(C)C. The van der Waals surface area contributed by atoms with Crippen molar-refractivity contribution in [2.45, 2.75) is 77.3 Å². The lowest BCUT2D eigenvalue weighted by Crippen LogP contribution is -2.51. The number of H-pyrrole nitrogens is 2. The summed E-state index contributed by atoms with van der Waals surface area (Å²) in [5, 5.41) is 5.44. The number of nitrogens with zero attached hydrogens (tertiary/aromatic N) is 4. The van der Waals surface area contributed by atoms with Crippen LogP contribution in [0.2, 0.25) is 5.15 Å². The summed E-state index contributed by atoms with van der Waals surface area (Å²) in [4.78, 5) is 69.5. The van der Waals surface area contributed by atoms with Crippen LogP contribution >= 0.6 is 11.6 Å². The second-order valence-electron chi connectivity index (χ2n) is 15.5. The highest BCUT2D eigenvalue weighted by Gasteiger charge is 2.51. The van der Waals surface area contributed by atoms with Crippen LogP contribution in [0.5, 0.6) is 0 Å². The molecular formula is C41H48ClF3N8O6. The number of methoxy groups -OCH3 is 2. The number of amides is 4. The molecular weight excluding hydrogens is 793 g/mol. The molecule has 6 rings (SSSR count). The Morgan fingerprint density at radius 3 is 1.83 bits per heavy atom. The van der Waals surface area contributed by atoms with Crippen LogP contribution < -0.4 is 10.6 Å².